The highest BCUT2D eigenvalue weighted by Gasteiger charge is 2.37. The summed E-state index contributed by atoms with van der Waals surface area (Å²) >= 11 is 0. The average molecular weight is 272 g/mol. The number of hydrogen-bond donors (Lipinski definition) is 3. The Labute approximate surface area is 113 Å². The van der Waals surface area contributed by atoms with E-state index in [1.165, 1.54) is 7.11 Å². The molecular weight excluding hydrogens is 248 g/mol. The second-order valence-electron chi connectivity index (χ2n) is 5.51. The quantitative estimate of drug-likeness (QED) is 0.596. The molecule has 2 atom stereocenters. The lowest BCUT2D eigenvalue weighted by molar-refractivity contribution is -0.150. The second-order valence-corrected chi connectivity index (χ2v) is 5.51. The second kappa shape index (κ2) is 6.86. The van der Waals surface area contributed by atoms with Gasteiger partial charge in [-0.3, -0.25) is 4.79 Å². The number of hydrogen-bond acceptors (Lipinski definition) is 5. The summed E-state index contributed by atoms with van der Waals surface area (Å²) in [7, 11) is 1.20. The van der Waals surface area contributed by atoms with E-state index in [-0.39, 0.29) is 18.4 Å². The summed E-state index contributed by atoms with van der Waals surface area (Å²) in [4.78, 5) is 23.2. The predicted octanol–water partition coefficient (Wildman–Crippen LogP) is -0.338. The molecule has 0 spiro atoms. The number of nitrogens with one attached hydrogen (secondary N) is 2. The minimum absolute atomic E-state index is 0.116. The first kappa shape index (κ1) is 15.9. The Morgan fingerprint density at radius 2 is 2.21 bits per heavy atom. The summed E-state index contributed by atoms with van der Waals surface area (Å²) in [5.74, 6) is -0.627. The van der Waals surface area contributed by atoms with Gasteiger partial charge in [0.25, 0.3) is 0 Å². The lowest BCUT2D eigenvalue weighted by Crippen LogP contribution is -2.49. The third-order valence-corrected chi connectivity index (χ3v) is 3.83. The minimum atomic E-state index is -1.31. The van der Waals surface area contributed by atoms with Gasteiger partial charge in [0.1, 0.15) is 0 Å². The molecule has 0 aromatic rings. The molecule has 19 heavy (non-hydrogen) atoms. The Bertz CT molecular complexity index is 325. The summed E-state index contributed by atoms with van der Waals surface area (Å²) in [6.45, 7) is 5.49. The first-order valence-corrected chi connectivity index (χ1v) is 6.64. The van der Waals surface area contributed by atoms with Crippen molar-refractivity contribution in [1.82, 2.24) is 10.6 Å². The molecule has 6 heteroatoms. The maximum absolute atomic E-state index is 12.2. The predicted molar refractivity (Wildman–Crippen MR) is 70.4 cm³/mol. The lowest BCUT2D eigenvalue weighted by Gasteiger charge is -2.36. The van der Waals surface area contributed by atoms with Gasteiger partial charge in [0.2, 0.25) is 5.91 Å². The zero-order valence-corrected chi connectivity index (χ0v) is 11.9. The smallest absolute Gasteiger partial charge is 0.336 e. The highest BCUT2D eigenvalue weighted by atomic mass is 16.5. The molecule has 0 radical (unpaired) electrons. The largest absolute Gasteiger partial charge is 0.467 e. The van der Waals surface area contributed by atoms with Crippen molar-refractivity contribution in [3.8, 4) is 0 Å². The molecule has 0 bridgehead atoms. The molecule has 1 heterocycles. The molecule has 0 saturated carbocycles. The van der Waals surface area contributed by atoms with Gasteiger partial charge in [0, 0.05) is 5.41 Å². The molecule has 0 aromatic heterocycles. The van der Waals surface area contributed by atoms with Gasteiger partial charge in [-0.15, -0.1) is 0 Å². The molecule has 6 nitrogen and oxygen atoms in total. The van der Waals surface area contributed by atoms with Crippen molar-refractivity contribution in [3.63, 3.8) is 0 Å². The van der Waals surface area contributed by atoms with Crippen molar-refractivity contribution >= 4 is 11.9 Å². The Kier molecular flexibility index (Phi) is 5.75. The van der Waals surface area contributed by atoms with E-state index in [0.29, 0.717) is 0 Å². The van der Waals surface area contributed by atoms with Crippen LogP contribution in [0.4, 0.5) is 0 Å². The molecule has 1 fully saturated rings. The standard InChI is InChI=1S/C13H24N2O4/c1-13(2,9-5-4-6-14-7-9)12(18)15-8-10(16)11(17)19-3/h9-10,14,16H,4-8H2,1-3H3,(H,15,18). The van der Waals surface area contributed by atoms with Crippen LogP contribution in [-0.2, 0) is 14.3 Å². The number of aliphatic hydroxyl groups excluding tert-OH is 1. The monoisotopic (exact) mass is 272 g/mol. The van der Waals surface area contributed by atoms with Gasteiger partial charge >= 0.3 is 5.97 Å². The van der Waals surface area contributed by atoms with E-state index in [0.717, 1.165) is 25.9 Å². The van der Waals surface area contributed by atoms with E-state index >= 15 is 0 Å². The van der Waals surface area contributed by atoms with Crippen molar-refractivity contribution in [2.45, 2.75) is 32.8 Å². The van der Waals surface area contributed by atoms with E-state index < -0.39 is 17.5 Å². The summed E-state index contributed by atoms with van der Waals surface area (Å²) in [6, 6.07) is 0. The fourth-order valence-corrected chi connectivity index (χ4v) is 2.29. The van der Waals surface area contributed by atoms with Crippen molar-refractivity contribution in [2.75, 3.05) is 26.7 Å². The molecule has 3 N–H and O–H groups in total. The normalized spacial score (nSPS) is 21.6. The maximum atomic E-state index is 12.2. The number of carbonyl (C=O) groups excluding carboxylic acids is 2. The van der Waals surface area contributed by atoms with Gasteiger partial charge in [-0.2, -0.15) is 0 Å². The van der Waals surface area contributed by atoms with E-state index in [9.17, 15) is 14.7 Å². The van der Waals surface area contributed by atoms with E-state index in [2.05, 4.69) is 15.4 Å². The van der Waals surface area contributed by atoms with Crippen molar-refractivity contribution in [3.05, 3.63) is 0 Å². The van der Waals surface area contributed by atoms with Crippen LogP contribution >= 0.6 is 0 Å². The topological polar surface area (TPSA) is 87.7 Å². The number of piperidine rings is 1. The number of esters is 1. The maximum Gasteiger partial charge on any atom is 0.336 e. The van der Waals surface area contributed by atoms with Crippen LogP contribution in [0.25, 0.3) is 0 Å². The zero-order chi connectivity index (χ0) is 14.5. The Balaban J connectivity index is 2.48. The van der Waals surface area contributed by atoms with Crippen LogP contribution in [-0.4, -0.2) is 49.8 Å². The summed E-state index contributed by atoms with van der Waals surface area (Å²) in [5, 5.41) is 15.3. The van der Waals surface area contributed by atoms with E-state index in [4.69, 9.17) is 0 Å². The van der Waals surface area contributed by atoms with Crippen LogP contribution in [0.2, 0.25) is 0 Å². The van der Waals surface area contributed by atoms with Gasteiger partial charge in [0.05, 0.1) is 13.7 Å². The number of methoxy groups -OCH3 is 1. The van der Waals surface area contributed by atoms with Crippen LogP contribution in [0.15, 0.2) is 0 Å². The molecule has 1 amide bonds. The molecule has 1 aliphatic rings. The summed E-state index contributed by atoms with van der Waals surface area (Å²) in [5.41, 5.74) is -0.525. The summed E-state index contributed by atoms with van der Waals surface area (Å²) < 4.78 is 4.40. The number of rotatable bonds is 5. The molecule has 0 aliphatic carbocycles. The van der Waals surface area contributed by atoms with Crippen LogP contribution in [0, 0.1) is 11.3 Å². The first-order valence-electron chi connectivity index (χ1n) is 6.64. The Hall–Kier alpha value is -1.14. The number of amides is 1. The van der Waals surface area contributed by atoms with Gasteiger partial charge in [0.15, 0.2) is 6.10 Å². The zero-order valence-electron chi connectivity index (χ0n) is 11.9. The Morgan fingerprint density at radius 3 is 2.74 bits per heavy atom. The molecule has 1 rings (SSSR count). The molecule has 110 valence electrons. The molecule has 1 saturated heterocycles. The SMILES string of the molecule is COC(=O)C(O)CNC(=O)C(C)(C)C1CCCNC1. The highest BCUT2D eigenvalue weighted by molar-refractivity contribution is 5.83. The van der Waals surface area contributed by atoms with Crippen LogP contribution < -0.4 is 10.6 Å². The minimum Gasteiger partial charge on any atom is -0.467 e. The third-order valence-electron chi connectivity index (χ3n) is 3.83. The number of carbonyl (C=O) groups is 2. The van der Waals surface area contributed by atoms with Gasteiger partial charge in [-0.25, -0.2) is 4.79 Å². The Morgan fingerprint density at radius 1 is 1.53 bits per heavy atom. The third kappa shape index (κ3) is 4.18. The number of ether oxygens (including phenoxy) is 1. The summed E-state index contributed by atoms with van der Waals surface area (Å²) in [6.07, 6.45) is 0.758. The lowest BCUT2D eigenvalue weighted by atomic mass is 9.74. The molecule has 0 aromatic carbocycles. The molecule has 1 aliphatic heterocycles. The van der Waals surface area contributed by atoms with Gasteiger partial charge < -0.3 is 20.5 Å². The van der Waals surface area contributed by atoms with Crippen LogP contribution in [0.3, 0.4) is 0 Å². The van der Waals surface area contributed by atoms with Crippen molar-refractivity contribution in [2.24, 2.45) is 11.3 Å². The fraction of sp³-hybridized carbons (Fsp3) is 0.846. The van der Waals surface area contributed by atoms with Crippen LogP contribution in [0.5, 0.6) is 0 Å². The average Bonchev–Trinajstić information content (AvgIpc) is 2.44. The van der Waals surface area contributed by atoms with E-state index in [1.807, 2.05) is 13.8 Å². The van der Waals surface area contributed by atoms with Crippen LogP contribution in [0.1, 0.15) is 26.7 Å². The van der Waals surface area contributed by atoms with Crippen molar-refractivity contribution < 1.29 is 19.4 Å². The van der Waals surface area contributed by atoms with Crippen molar-refractivity contribution in [1.29, 1.82) is 0 Å². The van der Waals surface area contributed by atoms with Gasteiger partial charge in [-0.05, 0) is 31.8 Å². The highest BCUT2D eigenvalue weighted by Crippen LogP contribution is 2.31. The molecular formula is C13H24N2O4. The number of aliphatic hydroxyl groups is 1. The first-order chi connectivity index (χ1) is 8.89. The van der Waals surface area contributed by atoms with Gasteiger partial charge in [-0.1, -0.05) is 13.8 Å². The van der Waals surface area contributed by atoms with E-state index in [1.54, 1.807) is 0 Å². The molecule has 2 unspecified atom stereocenters. The fourth-order valence-electron chi connectivity index (χ4n) is 2.29.